The van der Waals surface area contributed by atoms with Crippen LogP contribution in [0.15, 0.2) is 352 Å². The summed E-state index contributed by atoms with van der Waals surface area (Å²) >= 11 is 0. The zero-order chi connectivity index (χ0) is 82.4. The topological polar surface area (TPSA) is 0 Å². The molecule has 0 radical (unpaired) electrons. The number of hydrogen-bond acceptors (Lipinski definition) is 0. The van der Waals surface area contributed by atoms with Gasteiger partial charge in [-0.2, -0.15) is 0 Å². The van der Waals surface area contributed by atoms with E-state index in [2.05, 4.69) is 449 Å². The summed E-state index contributed by atoms with van der Waals surface area (Å²) in [5.41, 5.74) is 42.7. The molecule has 3 aliphatic carbocycles. The predicted molar refractivity (Wildman–Crippen MR) is 517 cm³/mol. The van der Waals surface area contributed by atoms with E-state index in [1.165, 1.54) is 243 Å². The molecule has 0 bridgehead atoms. The number of benzene rings is 19. The largest absolute Gasteiger partial charge is 0.0622 e. The first-order chi connectivity index (χ1) is 58.0. The van der Waals surface area contributed by atoms with Crippen LogP contribution in [0.3, 0.4) is 0 Å². The lowest BCUT2D eigenvalue weighted by Gasteiger charge is -2.23. The van der Waals surface area contributed by atoms with Gasteiger partial charge in [0.15, 0.2) is 0 Å². The normalized spacial score (nSPS) is 13.6. The lowest BCUT2D eigenvalue weighted by atomic mass is 9.80. The molecule has 0 fully saturated rings. The molecule has 0 saturated carbocycles. The molecule has 0 atom stereocenters. The molecule has 0 N–H and O–H groups in total. The molecule has 580 valence electrons. The van der Waals surface area contributed by atoms with Crippen molar-refractivity contribution in [2.75, 3.05) is 0 Å². The molecule has 0 aromatic heterocycles. The summed E-state index contributed by atoms with van der Waals surface area (Å²) in [5, 5.41) is 15.7. The van der Waals surface area contributed by atoms with E-state index in [1.807, 2.05) is 0 Å². The summed E-state index contributed by atoms with van der Waals surface area (Å²) in [7, 11) is 0. The van der Waals surface area contributed by atoms with Crippen LogP contribution in [0.2, 0.25) is 0 Å². The Morgan fingerprint density at radius 1 is 0.167 bits per heavy atom. The zero-order valence-corrected chi connectivity index (χ0v) is 71.5. The second-order valence-corrected chi connectivity index (χ2v) is 37.0. The molecule has 0 heterocycles. The van der Waals surface area contributed by atoms with Crippen LogP contribution in [-0.2, 0) is 21.7 Å². The van der Waals surface area contributed by atoms with Crippen molar-refractivity contribution in [3.63, 3.8) is 0 Å². The van der Waals surface area contributed by atoms with Gasteiger partial charge in [-0.3, -0.25) is 0 Å². The summed E-state index contributed by atoms with van der Waals surface area (Å²) in [6.07, 6.45) is 0. The summed E-state index contributed by atoms with van der Waals surface area (Å²) < 4.78 is 0. The molecule has 3 aliphatic rings. The Bertz CT molecular complexity index is 7390. The molecule has 0 unspecified atom stereocenters. The highest BCUT2D eigenvalue weighted by Gasteiger charge is 2.39. The Morgan fingerprint density at radius 2 is 0.417 bits per heavy atom. The average Bonchev–Trinajstić information content (AvgIpc) is 1.40. The standard InChI is InChI=1S/C42H32.C40H36.C38H32/c1-27-17-23-36-37(25-27)41(31-22-24-33-32-13-9-10-16-38(32)42(2,3)39(33)26-31)35-15-8-7-14-34(35)40(36)30-20-18-29(19-21-30)28-11-5-4-6-12-28;1-25-15-21-33-34(23-25)38(27-18-22-30-29-11-9-10-14-35(29)40(5,6)36(30)24-27)32-13-8-7-12-31(32)37(33)26-16-19-28(20-17-26)39(2,3)4;1-23-14-16-32-33(21-23)36(26-15-17-29-28-10-8-9-13-34(28)38(4,5)35(29)22-26)30-11-6-7-12-31(30)37(32)27-19-24(2)18-25(3)20-27/h4-26H,1-3H3;7-24H,1-6H3;6-22H,1-5H3. The van der Waals surface area contributed by atoms with Crippen molar-refractivity contribution in [1.29, 1.82) is 0 Å². The molecule has 0 saturated heterocycles. The fourth-order valence-electron chi connectivity index (χ4n) is 21.0. The van der Waals surface area contributed by atoms with Gasteiger partial charge in [0.2, 0.25) is 0 Å². The van der Waals surface area contributed by atoms with Crippen LogP contribution < -0.4 is 0 Å². The Balaban J connectivity index is 0.000000115. The third kappa shape index (κ3) is 12.5. The quantitative estimate of drug-likeness (QED) is 0.140. The van der Waals surface area contributed by atoms with E-state index in [1.54, 1.807) is 0 Å². The SMILES string of the molecule is Cc1cc(C)cc(-c2c3ccccc3c(-c3ccc4c(c3)C(C)(C)c3ccccc3-4)c3cc(C)ccc23)c1.Cc1ccc2c(-c3ccc(-c4ccccc4)cc3)c3ccccc3c(-c3ccc4c(c3)C(C)(C)c3ccccc3-4)c2c1.Cc1ccc2c(-c3ccc(C(C)(C)C)cc3)c3ccccc3c(-c3ccc4c(c3)C(C)(C)c3ccccc3-4)c2c1. The number of aryl methyl sites for hydroxylation is 5. The van der Waals surface area contributed by atoms with E-state index < -0.39 is 0 Å². The highest BCUT2D eigenvalue weighted by atomic mass is 14.4. The van der Waals surface area contributed by atoms with Crippen molar-refractivity contribution < 1.29 is 0 Å². The van der Waals surface area contributed by atoms with E-state index in [4.69, 9.17) is 0 Å². The molecule has 19 aromatic rings. The third-order valence-electron chi connectivity index (χ3n) is 27.0. The van der Waals surface area contributed by atoms with Crippen LogP contribution in [0.5, 0.6) is 0 Å². The van der Waals surface area contributed by atoms with Gasteiger partial charge in [0, 0.05) is 16.2 Å². The van der Waals surface area contributed by atoms with Crippen LogP contribution in [0, 0.1) is 34.6 Å². The number of hydrogen-bond donors (Lipinski definition) is 0. The highest BCUT2D eigenvalue weighted by Crippen LogP contribution is 2.56. The minimum absolute atomic E-state index is 0.0253. The second-order valence-electron chi connectivity index (χ2n) is 37.0. The summed E-state index contributed by atoms with van der Waals surface area (Å²) in [4.78, 5) is 0. The maximum Gasteiger partial charge on any atom is 0.0159 e. The third-order valence-corrected chi connectivity index (χ3v) is 27.0. The smallest absolute Gasteiger partial charge is 0.0159 e. The van der Waals surface area contributed by atoms with Gasteiger partial charge in [0.25, 0.3) is 0 Å². The summed E-state index contributed by atoms with van der Waals surface area (Å²) in [6.45, 7) is 32.0. The van der Waals surface area contributed by atoms with Gasteiger partial charge in [0.1, 0.15) is 0 Å². The van der Waals surface area contributed by atoms with E-state index in [-0.39, 0.29) is 21.7 Å². The lowest BCUT2D eigenvalue weighted by molar-refractivity contribution is 0.590. The van der Waals surface area contributed by atoms with E-state index in [0.717, 1.165) is 0 Å². The Hall–Kier alpha value is -13.3. The minimum Gasteiger partial charge on any atom is -0.0622 e. The highest BCUT2D eigenvalue weighted by molar-refractivity contribution is 6.25. The van der Waals surface area contributed by atoms with Gasteiger partial charge in [-0.15, -0.1) is 0 Å². The molecular formula is C120H100. The van der Waals surface area contributed by atoms with Gasteiger partial charge in [0.05, 0.1) is 0 Å². The molecule has 22 rings (SSSR count). The molecule has 19 aromatic carbocycles. The van der Waals surface area contributed by atoms with Crippen molar-refractivity contribution in [3.8, 4) is 111 Å². The van der Waals surface area contributed by atoms with E-state index in [0.29, 0.717) is 0 Å². The summed E-state index contributed by atoms with van der Waals surface area (Å²) in [6, 6.07) is 132. The first kappa shape index (κ1) is 75.5. The van der Waals surface area contributed by atoms with Crippen molar-refractivity contribution in [2.24, 2.45) is 0 Å². The molecule has 0 heteroatoms. The molecular weight excluding hydrogens is 1440 g/mol. The molecule has 0 spiro atoms. The van der Waals surface area contributed by atoms with Crippen LogP contribution in [0.1, 0.15) is 129 Å². The van der Waals surface area contributed by atoms with E-state index >= 15 is 0 Å². The fraction of sp³-hybridized carbons (Fsp3) is 0.150. The number of fused-ring (bicyclic) bond motifs is 15. The van der Waals surface area contributed by atoms with Crippen molar-refractivity contribution in [3.05, 3.63) is 419 Å². The Kier molecular flexibility index (Phi) is 18.1. The average molecular weight is 1540 g/mol. The maximum atomic E-state index is 2.47. The van der Waals surface area contributed by atoms with Crippen LogP contribution in [0.4, 0.5) is 0 Å². The first-order valence-corrected chi connectivity index (χ1v) is 42.9. The Morgan fingerprint density at radius 3 is 0.750 bits per heavy atom. The predicted octanol–water partition coefficient (Wildman–Crippen LogP) is 33.4. The van der Waals surface area contributed by atoms with E-state index in [9.17, 15) is 0 Å². The molecule has 0 nitrogen and oxygen atoms in total. The number of rotatable bonds is 7. The maximum absolute atomic E-state index is 2.47. The van der Waals surface area contributed by atoms with Crippen molar-refractivity contribution >= 4 is 64.6 Å². The Labute approximate surface area is 708 Å². The second kappa shape index (κ2) is 28.8. The summed E-state index contributed by atoms with van der Waals surface area (Å²) in [5.74, 6) is 0. The van der Waals surface area contributed by atoms with Crippen molar-refractivity contribution in [2.45, 2.75) is 119 Å². The van der Waals surface area contributed by atoms with Crippen LogP contribution in [-0.4, -0.2) is 0 Å². The monoisotopic (exact) mass is 1540 g/mol. The van der Waals surface area contributed by atoms with Crippen LogP contribution in [0.25, 0.3) is 176 Å². The fourth-order valence-corrected chi connectivity index (χ4v) is 21.0. The minimum atomic E-state index is -0.0378. The van der Waals surface area contributed by atoms with Gasteiger partial charge >= 0.3 is 0 Å². The zero-order valence-electron chi connectivity index (χ0n) is 71.5. The van der Waals surface area contributed by atoms with Gasteiger partial charge in [-0.1, -0.05) is 424 Å². The van der Waals surface area contributed by atoms with Crippen molar-refractivity contribution in [1.82, 2.24) is 0 Å². The van der Waals surface area contributed by atoms with Gasteiger partial charge in [-0.25, -0.2) is 0 Å². The van der Waals surface area contributed by atoms with Crippen LogP contribution >= 0.6 is 0 Å². The molecule has 0 amide bonds. The van der Waals surface area contributed by atoms with Gasteiger partial charge in [-0.05, 0) is 273 Å². The first-order valence-electron chi connectivity index (χ1n) is 42.9. The molecule has 120 heavy (non-hydrogen) atoms. The molecule has 0 aliphatic heterocycles. The van der Waals surface area contributed by atoms with Gasteiger partial charge < -0.3 is 0 Å². The lowest BCUT2D eigenvalue weighted by Crippen LogP contribution is -2.14.